The summed E-state index contributed by atoms with van der Waals surface area (Å²) >= 11 is 0. The molecule has 0 spiro atoms. The van der Waals surface area contributed by atoms with Gasteiger partial charge in [0.05, 0.1) is 24.0 Å². The highest BCUT2D eigenvalue weighted by Crippen LogP contribution is 2.27. The van der Waals surface area contributed by atoms with Crippen LogP contribution in [-0.4, -0.2) is 51.5 Å². The second-order valence-electron chi connectivity index (χ2n) is 6.25. The van der Waals surface area contributed by atoms with Crippen molar-refractivity contribution in [2.45, 2.75) is 13.0 Å². The number of aromatic nitrogens is 4. The van der Waals surface area contributed by atoms with Crippen LogP contribution >= 0.6 is 0 Å². The lowest BCUT2D eigenvalue weighted by molar-refractivity contribution is 0.100. The largest absolute Gasteiger partial charge is 0.380 e. The van der Waals surface area contributed by atoms with Gasteiger partial charge in [0.25, 0.3) is 5.91 Å². The zero-order chi connectivity index (χ0) is 20.1. The van der Waals surface area contributed by atoms with Crippen molar-refractivity contribution in [3.05, 3.63) is 36.2 Å². The maximum atomic E-state index is 11.8. The van der Waals surface area contributed by atoms with Gasteiger partial charge < -0.3 is 26.8 Å². The van der Waals surface area contributed by atoms with Crippen molar-refractivity contribution in [3.8, 4) is 0 Å². The van der Waals surface area contributed by atoms with Crippen LogP contribution in [0, 0.1) is 0 Å². The van der Waals surface area contributed by atoms with E-state index in [4.69, 9.17) is 16.2 Å². The fourth-order valence-corrected chi connectivity index (χ4v) is 2.71. The Morgan fingerprint density at radius 3 is 2.93 bits per heavy atom. The SMILES string of the molecule is CCOC[C@H](N)CNc1ncc(C(N)=O)c(Nc2cccc3c2cnn3C)n1. The third-order valence-electron chi connectivity index (χ3n) is 4.16. The summed E-state index contributed by atoms with van der Waals surface area (Å²) < 4.78 is 7.06. The Bertz CT molecular complexity index is 971. The molecule has 0 aliphatic rings. The lowest BCUT2D eigenvalue weighted by atomic mass is 10.2. The Morgan fingerprint density at radius 1 is 1.36 bits per heavy atom. The number of carbonyl (C=O) groups excluding carboxylic acids is 1. The Labute approximate surface area is 162 Å². The summed E-state index contributed by atoms with van der Waals surface area (Å²) in [6, 6.07) is 5.51. The summed E-state index contributed by atoms with van der Waals surface area (Å²) in [6.07, 6.45) is 3.13. The molecule has 6 N–H and O–H groups in total. The van der Waals surface area contributed by atoms with Crippen LogP contribution in [-0.2, 0) is 11.8 Å². The Kier molecular flexibility index (Phi) is 6.02. The molecule has 3 aromatic rings. The molecule has 10 heteroatoms. The molecule has 0 aliphatic heterocycles. The standard InChI is InChI=1S/C18H24N8O2/c1-3-28-10-11(19)7-21-18-22-8-13(16(20)27)17(25-18)24-14-5-4-6-15-12(14)9-23-26(15)2/h4-6,8-9,11H,3,7,10,19H2,1-2H3,(H2,20,27)(H2,21,22,24,25)/t11-/m1/s1. The Morgan fingerprint density at radius 2 is 2.18 bits per heavy atom. The second-order valence-corrected chi connectivity index (χ2v) is 6.25. The molecule has 148 valence electrons. The van der Waals surface area contributed by atoms with E-state index in [0.717, 1.165) is 16.6 Å². The molecule has 1 atom stereocenters. The molecular formula is C18H24N8O2. The van der Waals surface area contributed by atoms with Crippen molar-refractivity contribution in [3.63, 3.8) is 0 Å². The number of rotatable bonds is 9. The molecule has 0 fully saturated rings. The van der Waals surface area contributed by atoms with Crippen LogP contribution in [0.1, 0.15) is 17.3 Å². The molecule has 0 saturated carbocycles. The van der Waals surface area contributed by atoms with Gasteiger partial charge in [0.1, 0.15) is 11.4 Å². The third kappa shape index (κ3) is 4.35. The maximum Gasteiger partial charge on any atom is 0.254 e. The van der Waals surface area contributed by atoms with E-state index in [1.807, 2.05) is 32.2 Å². The van der Waals surface area contributed by atoms with E-state index in [1.165, 1.54) is 6.20 Å². The number of nitrogens with zero attached hydrogens (tertiary/aromatic N) is 4. The molecule has 28 heavy (non-hydrogen) atoms. The molecule has 10 nitrogen and oxygen atoms in total. The van der Waals surface area contributed by atoms with Crippen molar-refractivity contribution in [2.75, 3.05) is 30.4 Å². The van der Waals surface area contributed by atoms with Crippen LogP contribution in [0.25, 0.3) is 10.9 Å². The summed E-state index contributed by atoms with van der Waals surface area (Å²) in [5.41, 5.74) is 13.3. The minimum Gasteiger partial charge on any atom is -0.380 e. The predicted octanol–water partition coefficient (Wildman–Crippen LogP) is 0.982. The molecule has 0 bridgehead atoms. The number of benzene rings is 1. The number of carbonyl (C=O) groups is 1. The summed E-state index contributed by atoms with van der Waals surface area (Å²) in [6.45, 7) is 3.36. The minimum absolute atomic E-state index is 0.185. The van der Waals surface area contributed by atoms with Gasteiger partial charge in [-0.1, -0.05) is 6.07 Å². The van der Waals surface area contributed by atoms with Crippen molar-refractivity contribution < 1.29 is 9.53 Å². The number of hydrogen-bond acceptors (Lipinski definition) is 8. The molecular weight excluding hydrogens is 360 g/mol. The highest BCUT2D eigenvalue weighted by Gasteiger charge is 2.15. The van der Waals surface area contributed by atoms with Crippen molar-refractivity contribution >= 4 is 34.3 Å². The topological polar surface area (TPSA) is 146 Å². The average molecular weight is 384 g/mol. The quantitative estimate of drug-likeness (QED) is 0.427. The van der Waals surface area contributed by atoms with Crippen LogP contribution in [0.5, 0.6) is 0 Å². The number of ether oxygens (including phenoxy) is 1. The molecule has 0 saturated heterocycles. The van der Waals surface area contributed by atoms with Crippen molar-refractivity contribution in [2.24, 2.45) is 18.5 Å². The van der Waals surface area contributed by atoms with E-state index in [0.29, 0.717) is 31.5 Å². The lowest BCUT2D eigenvalue weighted by Gasteiger charge is -2.14. The van der Waals surface area contributed by atoms with Crippen LogP contribution in [0.4, 0.5) is 17.5 Å². The predicted molar refractivity (Wildman–Crippen MR) is 108 cm³/mol. The Hall–Kier alpha value is -3.24. The molecule has 3 rings (SSSR count). The van der Waals surface area contributed by atoms with Gasteiger partial charge in [-0.2, -0.15) is 10.1 Å². The number of aryl methyl sites for hydroxylation is 1. The van der Waals surface area contributed by atoms with Gasteiger partial charge in [0.15, 0.2) is 0 Å². The molecule has 0 aliphatic carbocycles. The van der Waals surface area contributed by atoms with E-state index in [1.54, 1.807) is 10.9 Å². The molecule has 0 radical (unpaired) electrons. The van der Waals surface area contributed by atoms with Crippen LogP contribution in [0.2, 0.25) is 0 Å². The van der Waals surface area contributed by atoms with E-state index < -0.39 is 5.91 Å². The highest BCUT2D eigenvalue weighted by atomic mass is 16.5. The second kappa shape index (κ2) is 8.63. The van der Waals surface area contributed by atoms with Gasteiger partial charge in [-0.05, 0) is 19.1 Å². The van der Waals surface area contributed by atoms with Gasteiger partial charge in [-0.15, -0.1) is 0 Å². The third-order valence-corrected chi connectivity index (χ3v) is 4.16. The van der Waals surface area contributed by atoms with Crippen LogP contribution in [0.3, 0.4) is 0 Å². The average Bonchev–Trinajstić information content (AvgIpc) is 3.07. The van der Waals surface area contributed by atoms with E-state index in [9.17, 15) is 4.79 Å². The number of nitrogens with two attached hydrogens (primary N) is 2. The maximum absolute atomic E-state index is 11.8. The molecule has 0 unspecified atom stereocenters. The van der Waals surface area contributed by atoms with E-state index >= 15 is 0 Å². The summed E-state index contributed by atoms with van der Waals surface area (Å²) in [5, 5.41) is 11.4. The van der Waals surface area contributed by atoms with Crippen molar-refractivity contribution in [1.29, 1.82) is 0 Å². The normalized spacial score (nSPS) is 12.1. The number of primary amides is 1. The van der Waals surface area contributed by atoms with E-state index in [-0.39, 0.29) is 11.6 Å². The van der Waals surface area contributed by atoms with Gasteiger partial charge in [-0.25, -0.2) is 4.98 Å². The Balaban J connectivity index is 1.84. The monoisotopic (exact) mass is 384 g/mol. The number of fused-ring (bicyclic) bond motifs is 1. The fourth-order valence-electron chi connectivity index (χ4n) is 2.71. The summed E-state index contributed by atoms with van der Waals surface area (Å²) in [7, 11) is 1.86. The first-order valence-electron chi connectivity index (χ1n) is 8.91. The number of anilines is 3. The molecule has 1 amide bonds. The first-order valence-corrected chi connectivity index (χ1v) is 8.91. The smallest absolute Gasteiger partial charge is 0.254 e. The van der Waals surface area contributed by atoms with Gasteiger partial charge >= 0.3 is 0 Å². The molecule has 1 aromatic carbocycles. The first-order chi connectivity index (χ1) is 13.5. The summed E-state index contributed by atoms with van der Waals surface area (Å²) in [4.78, 5) is 20.3. The molecule has 2 heterocycles. The lowest BCUT2D eigenvalue weighted by Crippen LogP contribution is -2.34. The number of amides is 1. The van der Waals surface area contributed by atoms with Gasteiger partial charge in [0, 0.05) is 37.8 Å². The van der Waals surface area contributed by atoms with Crippen LogP contribution in [0.15, 0.2) is 30.6 Å². The first kappa shape index (κ1) is 19.5. The minimum atomic E-state index is -0.625. The zero-order valence-electron chi connectivity index (χ0n) is 15.8. The van der Waals surface area contributed by atoms with Gasteiger partial charge in [0.2, 0.25) is 5.95 Å². The summed E-state index contributed by atoms with van der Waals surface area (Å²) in [5.74, 6) is 0.0120. The number of nitrogens with one attached hydrogen (secondary N) is 2. The highest BCUT2D eigenvalue weighted by molar-refractivity contribution is 6.00. The number of hydrogen-bond donors (Lipinski definition) is 4. The van der Waals surface area contributed by atoms with E-state index in [2.05, 4.69) is 25.7 Å². The van der Waals surface area contributed by atoms with Crippen LogP contribution < -0.4 is 22.1 Å². The molecule has 2 aromatic heterocycles. The van der Waals surface area contributed by atoms with Crippen molar-refractivity contribution in [1.82, 2.24) is 19.7 Å². The fraction of sp³-hybridized carbons (Fsp3) is 0.333. The van der Waals surface area contributed by atoms with Gasteiger partial charge in [-0.3, -0.25) is 9.48 Å². The zero-order valence-corrected chi connectivity index (χ0v) is 15.8.